The summed E-state index contributed by atoms with van der Waals surface area (Å²) in [5.74, 6) is -1.62. The Bertz CT molecular complexity index is 1460. The van der Waals surface area contributed by atoms with Gasteiger partial charge in [-0.1, -0.05) is 18.5 Å². The molecule has 2 aromatic rings. The van der Waals surface area contributed by atoms with E-state index < -0.39 is 65.5 Å². The minimum absolute atomic E-state index is 0.0220. The molecule has 1 heterocycles. The zero-order valence-electron chi connectivity index (χ0n) is 26.9. The Morgan fingerprint density at radius 1 is 1.17 bits per heavy atom. The van der Waals surface area contributed by atoms with Crippen molar-refractivity contribution in [2.24, 2.45) is 5.92 Å². The van der Waals surface area contributed by atoms with Crippen LogP contribution in [0.1, 0.15) is 63.2 Å². The third kappa shape index (κ3) is 11.3. The summed E-state index contributed by atoms with van der Waals surface area (Å²) >= 11 is 5.94. The van der Waals surface area contributed by atoms with Crippen LogP contribution >= 0.6 is 11.6 Å². The van der Waals surface area contributed by atoms with Gasteiger partial charge in [0.15, 0.2) is 0 Å². The highest BCUT2D eigenvalue weighted by Crippen LogP contribution is 2.29. The molecule has 0 unspecified atom stereocenters. The first-order chi connectivity index (χ1) is 22.0. The second-order valence-corrected chi connectivity index (χ2v) is 14.4. The van der Waals surface area contributed by atoms with Gasteiger partial charge in [-0.3, -0.25) is 9.59 Å². The fourth-order valence-corrected chi connectivity index (χ4v) is 6.39. The van der Waals surface area contributed by atoms with Crippen LogP contribution in [-0.4, -0.2) is 92.3 Å². The highest BCUT2D eigenvalue weighted by molar-refractivity contribution is 7.89. The van der Waals surface area contributed by atoms with Crippen LogP contribution in [0.5, 0.6) is 5.75 Å². The minimum Gasteiger partial charge on any atom is -0.490 e. The molecule has 15 heteroatoms. The normalized spacial score (nSPS) is 21.0. The molecule has 0 fully saturated rings. The van der Waals surface area contributed by atoms with Gasteiger partial charge in [0.25, 0.3) is 5.91 Å². The van der Waals surface area contributed by atoms with E-state index >= 15 is 0 Å². The van der Waals surface area contributed by atoms with E-state index in [0.29, 0.717) is 30.9 Å². The van der Waals surface area contributed by atoms with Gasteiger partial charge in [-0.15, -0.1) is 0 Å². The fourth-order valence-electron chi connectivity index (χ4n) is 5.08. The van der Waals surface area contributed by atoms with E-state index in [2.05, 4.69) is 5.32 Å². The van der Waals surface area contributed by atoms with E-state index in [1.54, 1.807) is 6.92 Å². The number of ether oxygens (including phenoxy) is 2. The lowest BCUT2D eigenvalue weighted by atomic mass is 10.0. The van der Waals surface area contributed by atoms with Gasteiger partial charge in [0.05, 0.1) is 41.7 Å². The van der Waals surface area contributed by atoms with Crippen molar-refractivity contribution in [3.05, 3.63) is 53.1 Å². The SMILES string of the molecule is C[C@@H]1CCCCO[C@@H](CN(C)S(=O)(=O)c2ccc(Cl)cc2)[C@H](C)CN([C@@H](C)CO)C(=O)c2cc(NC(=O)CCC(F)(F)F)ccc2O1. The van der Waals surface area contributed by atoms with Crippen LogP contribution in [0.4, 0.5) is 18.9 Å². The lowest BCUT2D eigenvalue weighted by Gasteiger charge is -2.35. The zero-order valence-corrected chi connectivity index (χ0v) is 28.5. The number of hydrogen-bond acceptors (Lipinski definition) is 7. The number of aliphatic hydroxyl groups excluding tert-OH is 1. The number of anilines is 1. The Morgan fingerprint density at radius 2 is 1.85 bits per heavy atom. The number of hydrogen-bond donors (Lipinski definition) is 2. The maximum atomic E-state index is 14.2. The van der Waals surface area contributed by atoms with Crippen molar-refractivity contribution < 1.29 is 45.8 Å². The molecule has 0 aromatic heterocycles. The van der Waals surface area contributed by atoms with Crippen LogP contribution in [0.2, 0.25) is 5.02 Å². The van der Waals surface area contributed by atoms with Crippen molar-refractivity contribution in [1.82, 2.24) is 9.21 Å². The highest BCUT2D eigenvalue weighted by atomic mass is 35.5. The number of carbonyl (C=O) groups excluding carboxylic acids is 2. The summed E-state index contributed by atoms with van der Waals surface area (Å²) < 4.78 is 78.2. The number of sulfonamides is 1. The van der Waals surface area contributed by atoms with Crippen molar-refractivity contribution in [2.45, 2.75) is 82.2 Å². The van der Waals surface area contributed by atoms with Gasteiger partial charge in [0.1, 0.15) is 5.75 Å². The van der Waals surface area contributed by atoms with Crippen LogP contribution in [0.15, 0.2) is 47.4 Å². The molecule has 0 radical (unpaired) electrons. The monoisotopic (exact) mass is 705 g/mol. The molecule has 262 valence electrons. The van der Waals surface area contributed by atoms with E-state index in [-0.39, 0.29) is 41.1 Å². The number of alkyl halides is 3. The average Bonchev–Trinajstić information content (AvgIpc) is 3.01. The minimum atomic E-state index is -4.50. The molecule has 1 aliphatic heterocycles. The van der Waals surface area contributed by atoms with Gasteiger partial charge in [-0.2, -0.15) is 17.5 Å². The molecular weight excluding hydrogens is 663 g/mol. The predicted molar refractivity (Wildman–Crippen MR) is 172 cm³/mol. The number of amides is 2. The smallest absolute Gasteiger partial charge is 0.389 e. The summed E-state index contributed by atoms with van der Waals surface area (Å²) in [4.78, 5) is 27.9. The number of nitrogens with one attached hydrogen (secondary N) is 1. The summed E-state index contributed by atoms with van der Waals surface area (Å²) in [7, 11) is -2.45. The number of likely N-dealkylation sites (N-methyl/N-ethyl adjacent to an activating group) is 1. The third-order valence-corrected chi connectivity index (χ3v) is 10.0. The maximum absolute atomic E-state index is 14.2. The molecule has 2 amide bonds. The Balaban J connectivity index is 1.94. The predicted octanol–water partition coefficient (Wildman–Crippen LogP) is 5.74. The summed E-state index contributed by atoms with van der Waals surface area (Å²) in [5, 5.41) is 12.9. The standard InChI is InChI=1S/C32H43ClF3N3O7S/c1-21-18-39(22(2)20-40)31(42)27-17-25(37-30(41)14-15-32(34,35)36)10-13-28(27)46-23(3)7-5-6-16-45-29(21)19-38(4)47(43,44)26-11-8-24(33)9-12-26/h8-13,17,21-23,29,40H,5-7,14-16,18-20H2,1-4H3,(H,37,41)/t21-,22+,23-,29+/m1/s1. The van der Waals surface area contributed by atoms with Crippen LogP contribution in [0, 0.1) is 5.92 Å². The molecule has 10 nitrogen and oxygen atoms in total. The van der Waals surface area contributed by atoms with Crippen molar-refractivity contribution in [2.75, 3.05) is 38.7 Å². The summed E-state index contributed by atoms with van der Waals surface area (Å²) in [6.07, 6.45) is -5.55. The Kier molecular flexibility index (Phi) is 13.9. The van der Waals surface area contributed by atoms with Crippen molar-refractivity contribution >= 4 is 39.1 Å². The Hall–Kier alpha value is -2.91. The van der Waals surface area contributed by atoms with Crippen LogP contribution in [0.3, 0.4) is 0 Å². The second-order valence-electron chi connectivity index (χ2n) is 11.9. The highest BCUT2D eigenvalue weighted by Gasteiger charge is 2.33. The van der Waals surface area contributed by atoms with Crippen LogP contribution < -0.4 is 10.1 Å². The molecule has 2 aromatic carbocycles. The first kappa shape index (κ1) is 38.5. The molecule has 1 aliphatic rings. The van der Waals surface area contributed by atoms with Gasteiger partial charge in [0, 0.05) is 49.8 Å². The lowest BCUT2D eigenvalue weighted by molar-refractivity contribution is -0.142. The van der Waals surface area contributed by atoms with Crippen molar-refractivity contribution in [1.29, 1.82) is 0 Å². The topological polar surface area (TPSA) is 125 Å². The van der Waals surface area contributed by atoms with Gasteiger partial charge in [0.2, 0.25) is 15.9 Å². The molecule has 0 saturated heterocycles. The number of fused-ring (bicyclic) bond motifs is 1. The van der Waals surface area contributed by atoms with Gasteiger partial charge in [-0.25, -0.2) is 8.42 Å². The van der Waals surface area contributed by atoms with E-state index in [1.165, 1.54) is 58.7 Å². The lowest BCUT2D eigenvalue weighted by Crippen LogP contribution is -2.48. The quantitative estimate of drug-likeness (QED) is 0.341. The third-order valence-electron chi connectivity index (χ3n) is 7.93. The first-order valence-electron chi connectivity index (χ1n) is 15.4. The molecular formula is C32H43ClF3N3O7S. The molecule has 0 bridgehead atoms. The largest absolute Gasteiger partial charge is 0.490 e. The Morgan fingerprint density at radius 3 is 2.49 bits per heavy atom. The summed E-state index contributed by atoms with van der Waals surface area (Å²) in [6, 6.07) is 9.43. The van der Waals surface area contributed by atoms with E-state index in [1.807, 2.05) is 13.8 Å². The first-order valence-corrected chi connectivity index (χ1v) is 17.3. The molecule has 2 N–H and O–H groups in total. The molecule has 0 aliphatic carbocycles. The molecule has 3 rings (SSSR count). The number of nitrogens with zero attached hydrogens (tertiary/aromatic N) is 2. The van der Waals surface area contributed by atoms with Gasteiger partial charge in [-0.05, 0) is 75.6 Å². The van der Waals surface area contributed by atoms with Gasteiger partial charge >= 0.3 is 6.18 Å². The molecule has 4 atom stereocenters. The fraction of sp³-hybridized carbons (Fsp3) is 0.562. The van der Waals surface area contributed by atoms with Crippen molar-refractivity contribution in [3.8, 4) is 5.75 Å². The van der Waals surface area contributed by atoms with Gasteiger partial charge < -0.3 is 24.8 Å². The van der Waals surface area contributed by atoms with Crippen molar-refractivity contribution in [3.63, 3.8) is 0 Å². The van der Waals surface area contributed by atoms with Crippen LogP contribution in [0.25, 0.3) is 0 Å². The summed E-state index contributed by atoms with van der Waals surface area (Å²) in [5.41, 5.74) is 0.163. The second kappa shape index (κ2) is 17.0. The Labute approximate surface area is 279 Å². The molecule has 0 spiro atoms. The average molecular weight is 706 g/mol. The maximum Gasteiger partial charge on any atom is 0.389 e. The van der Waals surface area contributed by atoms with E-state index in [0.717, 1.165) is 0 Å². The number of benzene rings is 2. The molecule has 47 heavy (non-hydrogen) atoms. The van der Waals surface area contributed by atoms with Crippen LogP contribution in [-0.2, 0) is 19.6 Å². The number of halogens is 4. The number of rotatable bonds is 9. The number of carbonyl (C=O) groups is 2. The summed E-state index contributed by atoms with van der Waals surface area (Å²) in [6.45, 7) is 5.28. The molecule has 0 saturated carbocycles. The zero-order chi connectivity index (χ0) is 34.9. The van der Waals surface area contributed by atoms with E-state index in [9.17, 15) is 36.3 Å². The van der Waals surface area contributed by atoms with E-state index in [4.69, 9.17) is 21.1 Å². The number of aliphatic hydroxyl groups is 1.